The maximum atomic E-state index is 12.8. The van der Waals surface area contributed by atoms with Crippen LogP contribution in [-0.4, -0.2) is 28.1 Å². The van der Waals surface area contributed by atoms with Crippen LogP contribution in [0.1, 0.15) is 6.92 Å². The molecule has 2 heterocycles. The van der Waals surface area contributed by atoms with Crippen molar-refractivity contribution in [2.75, 3.05) is 12.1 Å². The van der Waals surface area contributed by atoms with Gasteiger partial charge < -0.3 is 14.8 Å². The van der Waals surface area contributed by atoms with Crippen LogP contribution < -0.4 is 14.8 Å². The Morgan fingerprint density at radius 3 is 2.52 bits per heavy atom. The predicted octanol–water partition coefficient (Wildman–Crippen LogP) is 5.14. The van der Waals surface area contributed by atoms with Gasteiger partial charge in [-0.1, -0.05) is 66.4 Å². The van der Waals surface area contributed by atoms with E-state index in [1.165, 1.54) is 11.8 Å². The lowest BCUT2D eigenvalue weighted by Crippen LogP contribution is -2.22. The third-order valence-electron chi connectivity index (χ3n) is 5.00. The average molecular weight is 430 g/mol. The molecule has 0 fully saturated rings. The molecule has 7 heteroatoms. The van der Waals surface area contributed by atoms with E-state index in [1.807, 2.05) is 61.5 Å². The molecular weight excluding hydrogens is 410 g/mol. The minimum absolute atomic E-state index is 0.123. The molecule has 0 bridgehead atoms. The number of nitrogens with zero attached hydrogens (tertiary/aromatic N) is 2. The Kier molecular flexibility index (Phi) is 5.18. The fourth-order valence-corrected chi connectivity index (χ4v) is 4.31. The van der Waals surface area contributed by atoms with Crippen molar-refractivity contribution in [3.05, 3.63) is 72.8 Å². The normalized spacial score (nSPS) is 13.2. The van der Waals surface area contributed by atoms with E-state index in [9.17, 15) is 4.79 Å². The minimum Gasteiger partial charge on any atom is -0.454 e. The van der Waals surface area contributed by atoms with Crippen LogP contribution in [0.4, 0.5) is 5.69 Å². The SMILES string of the molecule is CC(Sc1nnc(-c2ccccc2)c2ccccc12)C(=O)Nc1ccc2c(c1)OCO2. The summed E-state index contributed by atoms with van der Waals surface area (Å²) in [5.41, 5.74) is 2.51. The molecule has 0 saturated heterocycles. The first-order valence-corrected chi connectivity index (χ1v) is 10.7. The highest BCUT2D eigenvalue weighted by Gasteiger charge is 2.20. The molecule has 3 aromatic carbocycles. The van der Waals surface area contributed by atoms with E-state index in [1.54, 1.807) is 18.2 Å². The van der Waals surface area contributed by atoms with Gasteiger partial charge in [0.25, 0.3) is 0 Å². The zero-order chi connectivity index (χ0) is 21.2. The van der Waals surface area contributed by atoms with Crippen molar-refractivity contribution in [1.82, 2.24) is 10.2 Å². The topological polar surface area (TPSA) is 73.3 Å². The zero-order valence-electron chi connectivity index (χ0n) is 16.7. The molecule has 1 atom stereocenters. The molecule has 0 spiro atoms. The second-order valence-corrected chi connectivity index (χ2v) is 8.41. The van der Waals surface area contributed by atoms with Crippen molar-refractivity contribution >= 4 is 34.1 Å². The van der Waals surface area contributed by atoms with E-state index in [0.29, 0.717) is 17.2 Å². The standard InChI is InChI=1S/C24H19N3O3S/c1-15(23(28)25-17-11-12-20-21(13-17)30-14-29-20)31-24-19-10-6-5-9-18(19)22(26-27-24)16-7-3-2-4-8-16/h2-13,15H,14H2,1H3,(H,25,28). The van der Waals surface area contributed by atoms with Crippen molar-refractivity contribution in [3.8, 4) is 22.8 Å². The molecule has 0 aliphatic carbocycles. The Hall–Kier alpha value is -3.58. The average Bonchev–Trinajstić information content (AvgIpc) is 3.28. The number of anilines is 1. The lowest BCUT2D eigenvalue weighted by molar-refractivity contribution is -0.115. The highest BCUT2D eigenvalue weighted by molar-refractivity contribution is 8.00. The lowest BCUT2D eigenvalue weighted by Gasteiger charge is -2.14. The lowest BCUT2D eigenvalue weighted by atomic mass is 10.1. The largest absolute Gasteiger partial charge is 0.454 e. The van der Waals surface area contributed by atoms with Crippen LogP contribution in [0.2, 0.25) is 0 Å². The molecule has 1 aliphatic rings. The summed E-state index contributed by atoms with van der Waals surface area (Å²) in [6.07, 6.45) is 0. The number of benzene rings is 3. The summed E-state index contributed by atoms with van der Waals surface area (Å²) < 4.78 is 10.7. The van der Waals surface area contributed by atoms with Gasteiger partial charge in [0.1, 0.15) is 10.7 Å². The van der Waals surface area contributed by atoms with Gasteiger partial charge in [-0.05, 0) is 19.1 Å². The van der Waals surface area contributed by atoms with E-state index in [-0.39, 0.29) is 18.0 Å². The number of thioether (sulfide) groups is 1. The van der Waals surface area contributed by atoms with Gasteiger partial charge in [0.05, 0.1) is 5.25 Å². The fourth-order valence-electron chi connectivity index (χ4n) is 3.41. The zero-order valence-corrected chi connectivity index (χ0v) is 17.6. The van der Waals surface area contributed by atoms with E-state index in [0.717, 1.165) is 27.1 Å². The van der Waals surface area contributed by atoms with E-state index >= 15 is 0 Å². The number of hydrogen-bond donors (Lipinski definition) is 1. The Labute approximate surface area is 183 Å². The molecule has 5 rings (SSSR count). The summed E-state index contributed by atoms with van der Waals surface area (Å²) in [6.45, 7) is 2.05. The van der Waals surface area contributed by atoms with Crippen LogP contribution in [0.25, 0.3) is 22.0 Å². The first-order valence-electron chi connectivity index (χ1n) is 9.87. The molecule has 6 nitrogen and oxygen atoms in total. The number of carbonyl (C=O) groups is 1. The maximum absolute atomic E-state index is 12.8. The number of ether oxygens (including phenoxy) is 2. The Bertz CT molecular complexity index is 1260. The minimum atomic E-state index is -0.370. The summed E-state index contributed by atoms with van der Waals surface area (Å²) in [5.74, 6) is 1.19. The van der Waals surface area contributed by atoms with Crippen molar-refractivity contribution in [2.24, 2.45) is 0 Å². The summed E-state index contributed by atoms with van der Waals surface area (Å²) in [5, 5.41) is 14.2. The Balaban J connectivity index is 1.38. The van der Waals surface area contributed by atoms with E-state index in [4.69, 9.17) is 9.47 Å². The predicted molar refractivity (Wildman–Crippen MR) is 121 cm³/mol. The molecule has 1 N–H and O–H groups in total. The molecule has 0 saturated carbocycles. The highest BCUT2D eigenvalue weighted by atomic mass is 32.2. The molecule has 1 unspecified atom stereocenters. The van der Waals surface area contributed by atoms with Gasteiger partial charge in [0, 0.05) is 28.1 Å². The summed E-state index contributed by atoms with van der Waals surface area (Å²) in [6, 6.07) is 23.3. The fraction of sp³-hybridized carbons (Fsp3) is 0.125. The third kappa shape index (κ3) is 3.92. The molecule has 4 aromatic rings. The number of rotatable bonds is 5. The van der Waals surface area contributed by atoms with Crippen LogP contribution in [0.15, 0.2) is 77.8 Å². The quantitative estimate of drug-likeness (QED) is 0.443. The van der Waals surface area contributed by atoms with Gasteiger partial charge in [-0.25, -0.2) is 0 Å². The van der Waals surface area contributed by atoms with Crippen LogP contribution in [-0.2, 0) is 4.79 Å². The van der Waals surface area contributed by atoms with Gasteiger partial charge in [-0.2, -0.15) is 0 Å². The molecule has 154 valence electrons. The third-order valence-corrected chi connectivity index (χ3v) is 6.09. The molecule has 1 aliphatic heterocycles. The smallest absolute Gasteiger partial charge is 0.237 e. The van der Waals surface area contributed by atoms with Crippen LogP contribution >= 0.6 is 11.8 Å². The van der Waals surface area contributed by atoms with Gasteiger partial charge in [0.15, 0.2) is 11.5 Å². The first-order chi connectivity index (χ1) is 15.2. The molecular formula is C24H19N3O3S. The van der Waals surface area contributed by atoms with Crippen molar-refractivity contribution < 1.29 is 14.3 Å². The second kappa shape index (κ2) is 8.28. The van der Waals surface area contributed by atoms with E-state index in [2.05, 4.69) is 15.5 Å². The van der Waals surface area contributed by atoms with Crippen molar-refractivity contribution in [1.29, 1.82) is 0 Å². The molecule has 1 amide bonds. The van der Waals surface area contributed by atoms with Gasteiger partial charge in [-0.3, -0.25) is 4.79 Å². The molecule has 1 aromatic heterocycles. The maximum Gasteiger partial charge on any atom is 0.237 e. The van der Waals surface area contributed by atoms with Crippen LogP contribution in [0.3, 0.4) is 0 Å². The van der Waals surface area contributed by atoms with Crippen LogP contribution in [0, 0.1) is 0 Å². The summed E-state index contributed by atoms with van der Waals surface area (Å²) >= 11 is 1.39. The summed E-state index contributed by atoms with van der Waals surface area (Å²) in [4.78, 5) is 12.8. The number of amides is 1. The van der Waals surface area contributed by atoms with Gasteiger partial charge >= 0.3 is 0 Å². The van der Waals surface area contributed by atoms with Crippen molar-refractivity contribution in [3.63, 3.8) is 0 Å². The monoisotopic (exact) mass is 429 g/mol. The molecule has 31 heavy (non-hydrogen) atoms. The highest BCUT2D eigenvalue weighted by Crippen LogP contribution is 2.36. The summed E-state index contributed by atoms with van der Waals surface area (Å²) in [7, 11) is 0. The number of fused-ring (bicyclic) bond motifs is 2. The Morgan fingerprint density at radius 1 is 0.935 bits per heavy atom. The second-order valence-electron chi connectivity index (χ2n) is 7.08. The first kappa shape index (κ1) is 19.4. The number of hydrogen-bond acceptors (Lipinski definition) is 6. The number of carbonyl (C=O) groups excluding carboxylic acids is 1. The number of nitrogens with one attached hydrogen (secondary N) is 1. The van der Waals surface area contributed by atoms with E-state index < -0.39 is 0 Å². The van der Waals surface area contributed by atoms with Crippen molar-refractivity contribution in [2.45, 2.75) is 17.2 Å². The van der Waals surface area contributed by atoms with Gasteiger partial charge in [0.2, 0.25) is 12.7 Å². The number of aromatic nitrogens is 2. The Morgan fingerprint density at radius 2 is 1.68 bits per heavy atom. The van der Waals surface area contributed by atoms with Crippen LogP contribution in [0.5, 0.6) is 11.5 Å². The molecule has 0 radical (unpaired) electrons. The van der Waals surface area contributed by atoms with Gasteiger partial charge in [-0.15, -0.1) is 10.2 Å².